The lowest BCUT2D eigenvalue weighted by Crippen LogP contribution is -2.29. The lowest BCUT2D eigenvalue weighted by molar-refractivity contribution is 0.415. The van der Waals surface area contributed by atoms with Gasteiger partial charge in [0.1, 0.15) is 5.75 Å². The number of hydrogen-bond donors (Lipinski definition) is 1. The van der Waals surface area contributed by atoms with Crippen LogP contribution in [-0.4, -0.2) is 16.8 Å². The number of benzene rings is 2. The molecule has 3 rings (SSSR count). The Morgan fingerprint density at radius 3 is 2.33 bits per heavy atom. The minimum atomic E-state index is -0.297. The summed E-state index contributed by atoms with van der Waals surface area (Å²) in [5, 5.41) is 0.437. The van der Waals surface area contributed by atoms with Crippen LogP contribution in [0.1, 0.15) is 26.3 Å². The highest BCUT2D eigenvalue weighted by molar-refractivity contribution is 5.81. The van der Waals surface area contributed by atoms with E-state index < -0.39 is 0 Å². The van der Waals surface area contributed by atoms with Crippen LogP contribution in [0.3, 0.4) is 0 Å². The predicted octanol–water partition coefficient (Wildman–Crippen LogP) is 3.08. The molecule has 124 valence electrons. The van der Waals surface area contributed by atoms with E-state index in [0.29, 0.717) is 22.5 Å². The van der Waals surface area contributed by atoms with Crippen molar-refractivity contribution in [1.29, 1.82) is 0 Å². The molecule has 0 amide bonds. The molecular weight excluding hydrogens is 302 g/mol. The molecule has 0 saturated heterocycles. The van der Waals surface area contributed by atoms with Gasteiger partial charge in [0.15, 0.2) is 5.82 Å². The van der Waals surface area contributed by atoms with E-state index in [1.807, 2.05) is 24.3 Å². The summed E-state index contributed by atoms with van der Waals surface area (Å²) in [6, 6.07) is 13.2. The van der Waals surface area contributed by atoms with Gasteiger partial charge in [0, 0.05) is 5.56 Å². The molecule has 0 aliphatic heterocycles. The molecule has 0 atom stereocenters. The quantitative estimate of drug-likeness (QED) is 0.736. The summed E-state index contributed by atoms with van der Waals surface area (Å²) >= 11 is 0. The molecule has 0 radical (unpaired) electrons. The van der Waals surface area contributed by atoms with E-state index in [9.17, 15) is 4.79 Å². The first-order valence-corrected chi connectivity index (χ1v) is 7.78. The van der Waals surface area contributed by atoms with Crippen LogP contribution >= 0.6 is 0 Å². The van der Waals surface area contributed by atoms with E-state index in [-0.39, 0.29) is 11.0 Å². The van der Waals surface area contributed by atoms with E-state index >= 15 is 0 Å². The molecule has 2 aromatic carbocycles. The Labute approximate surface area is 140 Å². The summed E-state index contributed by atoms with van der Waals surface area (Å²) in [6.45, 7) is 6.47. The fourth-order valence-corrected chi connectivity index (χ4v) is 2.63. The second kappa shape index (κ2) is 5.67. The van der Waals surface area contributed by atoms with Crippen molar-refractivity contribution >= 4 is 10.9 Å². The maximum absolute atomic E-state index is 12.6. The third kappa shape index (κ3) is 2.73. The summed E-state index contributed by atoms with van der Waals surface area (Å²) in [6.07, 6.45) is 0. The molecule has 0 aliphatic rings. The zero-order valence-electron chi connectivity index (χ0n) is 14.3. The molecule has 5 nitrogen and oxygen atoms in total. The lowest BCUT2D eigenvalue weighted by atomic mass is 9.86. The van der Waals surface area contributed by atoms with Gasteiger partial charge in [-0.1, -0.05) is 45.0 Å². The number of fused-ring (bicyclic) bond motifs is 1. The summed E-state index contributed by atoms with van der Waals surface area (Å²) < 4.78 is 6.25. The average molecular weight is 323 g/mol. The van der Waals surface area contributed by atoms with Crippen molar-refractivity contribution in [3.05, 3.63) is 58.4 Å². The van der Waals surface area contributed by atoms with Gasteiger partial charge in [0.25, 0.3) is 5.56 Å². The Morgan fingerprint density at radius 1 is 1.08 bits per heavy atom. The summed E-state index contributed by atoms with van der Waals surface area (Å²) in [5.41, 5.74) is 2.38. The van der Waals surface area contributed by atoms with Crippen LogP contribution in [0.5, 0.6) is 5.75 Å². The number of nitrogens with two attached hydrogens (primary N) is 1. The predicted molar refractivity (Wildman–Crippen MR) is 96.8 cm³/mol. The van der Waals surface area contributed by atoms with Gasteiger partial charge in [-0.3, -0.25) is 4.79 Å². The van der Waals surface area contributed by atoms with Gasteiger partial charge < -0.3 is 10.6 Å². The topological polar surface area (TPSA) is 70.1 Å². The second-order valence-electron chi connectivity index (χ2n) is 6.82. The van der Waals surface area contributed by atoms with E-state index in [1.54, 1.807) is 25.3 Å². The van der Waals surface area contributed by atoms with Crippen molar-refractivity contribution in [1.82, 2.24) is 9.66 Å². The summed E-state index contributed by atoms with van der Waals surface area (Å²) in [5.74, 6) is 7.04. The van der Waals surface area contributed by atoms with Crippen LogP contribution in [0.15, 0.2) is 47.3 Å². The van der Waals surface area contributed by atoms with Crippen molar-refractivity contribution in [2.24, 2.45) is 0 Å². The molecule has 1 heterocycles. The molecule has 24 heavy (non-hydrogen) atoms. The summed E-state index contributed by atoms with van der Waals surface area (Å²) in [7, 11) is 1.56. The van der Waals surface area contributed by atoms with Gasteiger partial charge in [0.2, 0.25) is 0 Å². The summed E-state index contributed by atoms with van der Waals surface area (Å²) in [4.78, 5) is 17.1. The van der Waals surface area contributed by atoms with Gasteiger partial charge in [0.05, 0.1) is 18.0 Å². The Kier molecular flexibility index (Phi) is 3.79. The van der Waals surface area contributed by atoms with E-state index in [2.05, 4.69) is 25.8 Å². The highest BCUT2D eigenvalue weighted by Crippen LogP contribution is 2.25. The molecular formula is C19H21N3O2. The van der Waals surface area contributed by atoms with Crippen LogP contribution in [-0.2, 0) is 5.41 Å². The average Bonchev–Trinajstić information content (AvgIpc) is 2.57. The van der Waals surface area contributed by atoms with E-state index in [0.717, 1.165) is 10.2 Å². The first-order chi connectivity index (χ1) is 11.3. The molecule has 0 aliphatic carbocycles. The normalized spacial score (nSPS) is 11.7. The highest BCUT2D eigenvalue weighted by atomic mass is 16.5. The standard InChI is InChI=1S/C19H21N3O2/c1-19(2,3)13-7-5-12(6-8-13)17-21-16-10-9-14(24-4)11-15(16)18(23)22(17)20/h5-11H,20H2,1-4H3. The van der Waals surface area contributed by atoms with Crippen molar-refractivity contribution < 1.29 is 4.74 Å². The zero-order chi connectivity index (χ0) is 17.5. The lowest BCUT2D eigenvalue weighted by Gasteiger charge is -2.19. The van der Waals surface area contributed by atoms with Gasteiger partial charge in [-0.15, -0.1) is 0 Å². The number of ether oxygens (including phenoxy) is 1. The zero-order valence-corrected chi connectivity index (χ0v) is 14.3. The molecule has 0 unspecified atom stereocenters. The van der Waals surface area contributed by atoms with Gasteiger partial charge in [-0.05, 0) is 29.2 Å². The van der Waals surface area contributed by atoms with Crippen molar-refractivity contribution in [2.75, 3.05) is 13.0 Å². The molecule has 5 heteroatoms. The highest BCUT2D eigenvalue weighted by Gasteiger charge is 2.15. The van der Waals surface area contributed by atoms with Crippen LogP contribution in [0.4, 0.5) is 0 Å². The Balaban J connectivity index is 2.16. The smallest absolute Gasteiger partial charge is 0.280 e. The Bertz CT molecular complexity index is 951. The molecule has 0 spiro atoms. The largest absolute Gasteiger partial charge is 0.497 e. The fraction of sp³-hybridized carbons (Fsp3) is 0.263. The number of rotatable bonds is 2. The monoisotopic (exact) mass is 323 g/mol. The van der Waals surface area contributed by atoms with Crippen LogP contribution in [0.2, 0.25) is 0 Å². The maximum Gasteiger partial charge on any atom is 0.280 e. The van der Waals surface area contributed by atoms with Gasteiger partial charge in [-0.2, -0.15) is 0 Å². The van der Waals surface area contributed by atoms with E-state index in [4.69, 9.17) is 10.6 Å². The minimum Gasteiger partial charge on any atom is -0.497 e. The van der Waals surface area contributed by atoms with Crippen LogP contribution in [0, 0.1) is 0 Å². The molecule has 0 bridgehead atoms. The van der Waals surface area contributed by atoms with Crippen LogP contribution < -0.4 is 16.1 Å². The van der Waals surface area contributed by atoms with E-state index in [1.165, 1.54) is 5.56 Å². The first kappa shape index (κ1) is 16.1. The minimum absolute atomic E-state index is 0.0638. The van der Waals surface area contributed by atoms with Crippen molar-refractivity contribution in [2.45, 2.75) is 26.2 Å². The van der Waals surface area contributed by atoms with Crippen molar-refractivity contribution in [3.63, 3.8) is 0 Å². The molecule has 0 fully saturated rings. The number of hydrogen-bond acceptors (Lipinski definition) is 4. The SMILES string of the molecule is COc1ccc2nc(-c3ccc(C(C)(C)C)cc3)n(N)c(=O)c2c1. The Morgan fingerprint density at radius 2 is 1.75 bits per heavy atom. The number of nitrogen functional groups attached to an aromatic ring is 1. The number of methoxy groups -OCH3 is 1. The second-order valence-corrected chi connectivity index (χ2v) is 6.82. The maximum atomic E-state index is 12.6. The number of nitrogens with zero attached hydrogens (tertiary/aromatic N) is 2. The Hall–Kier alpha value is -2.82. The molecule has 1 aromatic heterocycles. The van der Waals surface area contributed by atoms with Gasteiger partial charge >= 0.3 is 0 Å². The van der Waals surface area contributed by atoms with Crippen molar-refractivity contribution in [3.8, 4) is 17.1 Å². The number of aromatic nitrogens is 2. The molecule has 2 N–H and O–H groups in total. The third-order valence-corrected chi connectivity index (χ3v) is 4.12. The third-order valence-electron chi connectivity index (χ3n) is 4.12. The molecule has 3 aromatic rings. The fourth-order valence-electron chi connectivity index (χ4n) is 2.63. The van der Waals surface area contributed by atoms with Gasteiger partial charge in [-0.25, -0.2) is 9.66 Å². The first-order valence-electron chi connectivity index (χ1n) is 7.78. The molecule has 0 saturated carbocycles. The van der Waals surface area contributed by atoms with Crippen LogP contribution in [0.25, 0.3) is 22.3 Å².